The first-order valence-corrected chi connectivity index (χ1v) is 5.65. The van der Waals surface area contributed by atoms with E-state index in [1.807, 2.05) is 0 Å². The van der Waals surface area contributed by atoms with E-state index in [2.05, 4.69) is 19.0 Å². The Morgan fingerprint density at radius 1 is 1.36 bits per heavy atom. The fourth-order valence-corrected chi connectivity index (χ4v) is 1.91. The molecule has 1 rings (SSSR count). The van der Waals surface area contributed by atoms with Gasteiger partial charge >= 0.3 is 0 Å². The van der Waals surface area contributed by atoms with Crippen molar-refractivity contribution in [2.45, 2.75) is 64.6 Å². The number of rotatable bonds is 4. The van der Waals surface area contributed by atoms with Crippen LogP contribution < -0.4 is 0 Å². The van der Waals surface area contributed by atoms with E-state index in [0.717, 1.165) is 44.2 Å². The third-order valence-electron chi connectivity index (χ3n) is 2.95. The van der Waals surface area contributed by atoms with Gasteiger partial charge in [0, 0.05) is 0 Å². The fraction of sp³-hybridized carbons (Fsp3) is 0.909. The van der Waals surface area contributed by atoms with Gasteiger partial charge in [-0.15, -0.1) is 0 Å². The monoisotopic (exact) mass is 199 g/mol. The van der Waals surface area contributed by atoms with Gasteiger partial charge in [-0.3, -0.25) is 0 Å². The molecule has 1 saturated carbocycles. The summed E-state index contributed by atoms with van der Waals surface area (Å²) in [6, 6.07) is 0. The first kappa shape index (κ1) is 11.5. The van der Waals surface area contributed by atoms with Gasteiger partial charge in [0.15, 0.2) is 0 Å². The normalized spacial score (nSPS) is 22.8. The summed E-state index contributed by atoms with van der Waals surface area (Å²) in [6.07, 6.45) is 6.77. The molecule has 0 unspecified atom stereocenters. The molecule has 0 radical (unpaired) electrons. The molecule has 0 aliphatic heterocycles. The molecule has 0 saturated heterocycles. The van der Waals surface area contributed by atoms with Crippen molar-refractivity contribution in [3.63, 3.8) is 0 Å². The second kappa shape index (κ2) is 6.02. The fourth-order valence-electron chi connectivity index (χ4n) is 1.91. The Kier molecular flexibility index (Phi) is 4.94. The summed E-state index contributed by atoms with van der Waals surface area (Å²) in [5, 5.41) is 11.9. The van der Waals surface area contributed by atoms with Crippen LogP contribution in [0.15, 0.2) is 5.16 Å². The Morgan fingerprint density at radius 3 is 2.36 bits per heavy atom. The minimum absolute atomic E-state index is 0.380. The molecule has 0 bridgehead atoms. The largest absolute Gasteiger partial charge is 0.411 e. The number of nitrogens with zero attached hydrogens (tertiary/aromatic N) is 1. The van der Waals surface area contributed by atoms with Crippen molar-refractivity contribution in [1.82, 2.24) is 0 Å². The third kappa shape index (κ3) is 3.29. The van der Waals surface area contributed by atoms with Crippen LogP contribution in [0.3, 0.4) is 0 Å². The van der Waals surface area contributed by atoms with Gasteiger partial charge in [-0.2, -0.15) is 0 Å². The molecular formula is C11H21NO2. The lowest BCUT2D eigenvalue weighted by Gasteiger charge is -2.26. The smallest absolute Gasteiger partial charge is 0.0586 e. The summed E-state index contributed by atoms with van der Waals surface area (Å²) in [5.41, 5.74) is 0.925. The van der Waals surface area contributed by atoms with Crippen LogP contribution in [0, 0.1) is 0 Å². The van der Waals surface area contributed by atoms with Gasteiger partial charge in [-0.25, -0.2) is 0 Å². The van der Waals surface area contributed by atoms with E-state index in [0.29, 0.717) is 12.2 Å². The maximum atomic E-state index is 8.60. The Labute approximate surface area is 86.1 Å². The molecule has 0 aromatic heterocycles. The predicted octanol–water partition coefficient (Wildman–Crippen LogP) is 2.96. The van der Waals surface area contributed by atoms with Crippen LogP contribution in [0.2, 0.25) is 0 Å². The number of ether oxygens (including phenoxy) is 1. The minimum Gasteiger partial charge on any atom is -0.411 e. The molecule has 82 valence electrons. The lowest BCUT2D eigenvalue weighted by atomic mass is 9.95. The molecule has 1 aliphatic carbocycles. The van der Waals surface area contributed by atoms with Crippen LogP contribution in [0.4, 0.5) is 0 Å². The van der Waals surface area contributed by atoms with Crippen LogP contribution in [0.25, 0.3) is 0 Å². The second-order valence-electron chi connectivity index (χ2n) is 3.94. The van der Waals surface area contributed by atoms with Crippen molar-refractivity contribution in [2.24, 2.45) is 5.16 Å². The van der Waals surface area contributed by atoms with E-state index >= 15 is 0 Å². The molecule has 0 heterocycles. The number of hydrogen-bond acceptors (Lipinski definition) is 3. The van der Waals surface area contributed by atoms with Crippen LogP contribution in [0.1, 0.15) is 52.4 Å². The van der Waals surface area contributed by atoms with Crippen molar-refractivity contribution in [3.05, 3.63) is 0 Å². The van der Waals surface area contributed by atoms with Gasteiger partial charge in [-0.1, -0.05) is 19.0 Å². The highest BCUT2D eigenvalue weighted by Crippen LogP contribution is 2.21. The molecule has 3 nitrogen and oxygen atoms in total. The molecule has 0 amide bonds. The first-order valence-electron chi connectivity index (χ1n) is 5.65. The second-order valence-corrected chi connectivity index (χ2v) is 3.94. The van der Waals surface area contributed by atoms with Crippen molar-refractivity contribution < 1.29 is 9.94 Å². The molecule has 0 spiro atoms. The molecule has 1 N–H and O–H groups in total. The van der Waals surface area contributed by atoms with Gasteiger partial charge < -0.3 is 9.94 Å². The van der Waals surface area contributed by atoms with Crippen LogP contribution >= 0.6 is 0 Å². The van der Waals surface area contributed by atoms with E-state index in [1.54, 1.807) is 0 Å². The summed E-state index contributed by atoms with van der Waals surface area (Å²) in [6.45, 7) is 4.33. The lowest BCUT2D eigenvalue weighted by Crippen LogP contribution is -2.26. The molecule has 0 atom stereocenters. The maximum absolute atomic E-state index is 8.60. The van der Waals surface area contributed by atoms with Gasteiger partial charge in [0.25, 0.3) is 0 Å². The molecule has 0 aromatic rings. The van der Waals surface area contributed by atoms with E-state index in [-0.39, 0.29) is 0 Å². The van der Waals surface area contributed by atoms with Gasteiger partial charge in [-0.05, 0) is 38.5 Å². The zero-order chi connectivity index (χ0) is 10.4. The summed E-state index contributed by atoms with van der Waals surface area (Å²) in [7, 11) is 0. The Balaban J connectivity index is 2.28. The molecule has 1 aliphatic rings. The van der Waals surface area contributed by atoms with Gasteiger partial charge in [0.2, 0.25) is 0 Å². The quantitative estimate of drug-likeness (QED) is 0.558. The highest BCUT2D eigenvalue weighted by Gasteiger charge is 2.20. The summed E-state index contributed by atoms with van der Waals surface area (Å²) >= 11 is 0. The van der Waals surface area contributed by atoms with Crippen LogP contribution in [-0.4, -0.2) is 23.1 Å². The molecular weight excluding hydrogens is 178 g/mol. The predicted molar refractivity (Wildman–Crippen MR) is 56.9 cm³/mol. The van der Waals surface area contributed by atoms with Crippen LogP contribution in [-0.2, 0) is 4.74 Å². The molecule has 3 heteroatoms. The summed E-state index contributed by atoms with van der Waals surface area (Å²) in [5.74, 6) is 0. The lowest BCUT2D eigenvalue weighted by molar-refractivity contribution is -0.0247. The van der Waals surface area contributed by atoms with Crippen LogP contribution in [0.5, 0.6) is 0 Å². The van der Waals surface area contributed by atoms with Crippen molar-refractivity contribution in [2.75, 3.05) is 0 Å². The number of hydrogen-bond donors (Lipinski definition) is 1. The standard InChI is InChI=1S/C11H21NO2/c1-3-10(4-2)14-11-7-5-9(12-13)6-8-11/h10-11,13H,3-8H2,1-2H3. The van der Waals surface area contributed by atoms with E-state index in [1.165, 1.54) is 0 Å². The average Bonchev–Trinajstić information content (AvgIpc) is 2.26. The Bertz CT molecular complexity index is 178. The van der Waals surface area contributed by atoms with Crippen molar-refractivity contribution >= 4 is 5.71 Å². The summed E-state index contributed by atoms with van der Waals surface area (Å²) < 4.78 is 5.95. The number of oxime groups is 1. The molecule has 1 fully saturated rings. The Morgan fingerprint density at radius 2 is 1.93 bits per heavy atom. The highest BCUT2D eigenvalue weighted by molar-refractivity contribution is 5.84. The zero-order valence-electron chi connectivity index (χ0n) is 9.20. The minimum atomic E-state index is 0.380. The third-order valence-corrected chi connectivity index (χ3v) is 2.95. The zero-order valence-corrected chi connectivity index (χ0v) is 9.20. The molecule has 0 aromatic carbocycles. The van der Waals surface area contributed by atoms with E-state index in [9.17, 15) is 0 Å². The van der Waals surface area contributed by atoms with Crippen molar-refractivity contribution in [1.29, 1.82) is 0 Å². The highest BCUT2D eigenvalue weighted by atomic mass is 16.5. The SMILES string of the molecule is CCC(CC)OC1CCC(=NO)CC1. The van der Waals surface area contributed by atoms with Gasteiger partial charge in [0.05, 0.1) is 17.9 Å². The topological polar surface area (TPSA) is 41.8 Å². The maximum Gasteiger partial charge on any atom is 0.0586 e. The van der Waals surface area contributed by atoms with E-state index < -0.39 is 0 Å². The first-order chi connectivity index (χ1) is 6.80. The summed E-state index contributed by atoms with van der Waals surface area (Å²) in [4.78, 5) is 0. The van der Waals surface area contributed by atoms with Crippen molar-refractivity contribution in [3.8, 4) is 0 Å². The Hall–Kier alpha value is -0.570. The van der Waals surface area contributed by atoms with E-state index in [4.69, 9.17) is 9.94 Å². The molecule has 14 heavy (non-hydrogen) atoms. The van der Waals surface area contributed by atoms with Gasteiger partial charge in [0.1, 0.15) is 0 Å². The average molecular weight is 199 g/mol.